The molecule has 1 aromatic rings. The van der Waals surface area contributed by atoms with Crippen LogP contribution >= 0.6 is 0 Å². The van der Waals surface area contributed by atoms with Crippen LogP contribution in [0, 0.1) is 0 Å². The molecule has 1 saturated carbocycles. The van der Waals surface area contributed by atoms with E-state index in [0.29, 0.717) is 13.0 Å². The lowest BCUT2D eigenvalue weighted by atomic mass is 9.78. The van der Waals surface area contributed by atoms with Crippen molar-refractivity contribution in [2.24, 2.45) is 5.73 Å². The molecule has 2 aliphatic rings. The predicted molar refractivity (Wildman–Crippen MR) is 79.2 cm³/mol. The number of hydrogen-bond donors (Lipinski definition) is 1. The Morgan fingerprint density at radius 3 is 2.80 bits per heavy atom. The predicted octanol–water partition coefficient (Wildman–Crippen LogP) is 3.25. The van der Waals surface area contributed by atoms with Gasteiger partial charge in [-0.05, 0) is 37.3 Å². The summed E-state index contributed by atoms with van der Waals surface area (Å²) in [6.45, 7) is 0.713. The number of nitrogens with two attached hydrogens (primary N) is 1. The van der Waals surface area contributed by atoms with E-state index in [1.54, 1.807) is 0 Å². The van der Waals surface area contributed by atoms with Crippen molar-refractivity contribution in [1.29, 1.82) is 0 Å². The maximum atomic E-state index is 12.6. The Balaban J connectivity index is 1.80. The van der Waals surface area contributed by atoms with Gasteiger partial charge in [-0.3, -0.25) is 4.79 Å². The third-order valence-corrected chi connectivity index (χ3v) is 4.60. The summed E-state index contributed by atoms with van der Waals surface area (Å²) in [5.74, 6) is 0.955. The van der Waals surface area contributed by atoms with Crippen molar-refractivity contribution in [3.8, 4) is 5.75 Å². The molecule has 0 amide bonds. The highest BCUT2D eigenvalue weighted by molar-refractivity contribution is 5.99. The minimum atomic E-state index is -0.299. The third kappa shape index (κ3) is 2.73. The Morgan fingerprint density at radius 1 is 1.20 bits per heavy atom. The number of para-hydroxylation sites is 1. The fourth-order valence-electron chi connectivity index (χ4n) is 3.46. The fraction of sp³-hybridized carbons (Fsp3) is 0.588. The third-order valence-electron chi connectivity index (χ3n) is 4.60. The van der Waals surface area contributed by atoms with Crippen molar-refractivity contribution in [1.82, 2.24) is 0 Å². The zero-order chi connectivity index (χ0) is 14.0. The van der Waals surface area contributed by atoms with Crippen LogP contribution in [-0.2, 0) is 6.42 Å². The molecule has 0 saturated heterocycles. The molecule has 1 aliphatic heterocycles. The van der Waals surface area contributed by atoms with E-state index in [9.17, 15) is 4.79 Å². The molecule has 3 heteroatoms. The van der Waals surface area contributed by atoms with Gasteiger partial charge in [0.15, 0.2) is 5.78 Å². The average Bonchev–Trinajstić information content (AvgIpc) is 2.47. The number of aryl methyl sites for hydroxylation is 1. The Morgan fingerprint density at radius 2 is 2.00 bits per heavy atom. The summed E-state index contributed by atoms with van der Waals surface area (Å²) in [6.07, 6.45) is 7.96. The molecule has 1 aliphatic carbocycles. The van der Waals surface area contributed by atoms with Gasteiger partial charge in [-0.25, -0.2) is 0 Å². The van der Waals surface area contributed by atoms with Gasteiger partial charge >= 0.3 is 0 Å². The standard InChI is InChI=1S/C17H23NO2/c18-17(9-2-1-3-10-17)12-15(19)14-8-4-6-13-7-5-11-20-16(13)14/h4,6,8H,1-3,5,7,9-12,18H2. The number of hydrogen-bond acceptors (Lipinski definition) is 3. The highest BCUT2D eigenvalue weighted by Crippen LogP contribution is 2.34. The monoisotopic (exact) mass is 273 g/mol. The second-order valence-electron chi connectivity index (χ2n) is 6.27. The number of Topliss-reactive ketones (excluding diaryl/α,β-unsaturated/α-hetero) is 1. The smallest absolute Gasteiger partial charge is 0.168 e. The topological polar surface area (TPSA) is 52.3 Å². The van der Waals surface area contributed by atoms with Crippen LogP contribution in [0.25, 0.3) is 0 Å². The molecular formula is C17H23NO2. The molecule has 0 aromatic heterocycles. The van der Waals surface area contributed by atoms with Crippen molar-refractivity contribution < 1.29 is 9.53 Å². The molecule has 20 heavy (non-hydrogen) atoms. The molecule has 3 nitrogen and oxygen atoms in total. The lowest BCUT2D eigenvalue weighted by Crippen LogP contribution is -2.43. The summed E-state index contributed by atoms with van der Waals surface area (Å²) >= 11 is 0. The quantitative estimate of drug-likeness (QED) is 0.860. The van der Waals surface area contributed by atoms with E-state index < -0.39 is 0 Å². The normalized spacial score (nSPS) is 20.9. The molecule has 1 fully saturated rings. The Kier molecular flexibility index (Phi) is 3.79. The van der Waals surface area contributed by atoms with Crippen LogP contribution in [0.1, 0.15) is 60.9 Å². The molecule has 0 bridgehead atoms. The number of carbonyl (C=O) groups is 1. The zero-order valence-corrected chi connectivity index (χ0v) is 12.0. The lowest BCUT2D eigenvalue weighted by molar-refractivity contribution is 0.0929. The fourth-order valence-corrected chi connectivity index (χ4v) is 3.46. The van der Waals surface area contributed by atoms with Crippen molar-refractivity contribution in [2.75, 3.05) is 6.61 Å². The Labute approximate surface area is 120 Å². The van der Waals surface area contributed by atoms with E-state index in [-0.39, 0.29) is 11.3 Å². The molecule has 0 radical (unpaired) electrons. The van der Waals surface area contributed by atoms with Crippen molar-refractivity contribution >= 4 is 5.78 Å². The summed E-state index contributed by atoms with van der Waals surface area (Å²) in [5.41, 5.74) is 8.01. The van der Waals surface area contributed by atoms with Crippen molar-refractivity contribution in [3.63, 3.8) is 0 Å². The van der Waals surface area contributed by atoms with Crippen LogP contribution in [-0.4, -0.2) is 17.9 Å². The highest BCUT2D eigenvalue weighted by atomic mass is 16.5. The summed E-state index contributed by atoms with van der Waals surface area (Å²) in [4.78, 5) is 12.6. The largest absolute Gasteiger partial charge is 0.493 e. The molecule has 108 valence electrons. The van der Waals surface area contributed by atoms with Gasteiger partial charge in [0, 0.05) is 12.0 Å². The molecule has 0 spiro atoms. The minimum Gasteiger partial charge on any atom is -0.493 e. The number of benzene rings is 1. The first-order valence-corrected chi connectivity index (χ1v) is 7.75. The van der Waals surface area contributed by atoms with E-state index in [2.05, 4.69) is 6.07 Å². The van der Waals surface area contributed by atoms with Crippen molar-refractivity contribution in [3.05, 3.63) is 29.3 Å². The number of ether oxygens (including phenoxy) is 1. The molecule has 1 heterocycles. The van der Waals surface area contributed by atoms with Crippen LogP contribution < -0.4 is 10.5 Å². The number of fused-ring (bicyclic) bond motifs is 1. The second-order valence-corrected chi connectivity index (χ2v) is 6.27. The first kappa shape index (κ1) is 13.6. The van der Waals surface area contributed by atoms with E-state index in [0.717, 1.165) is 55.4 Å². The van der Waals surface area contributed by atoms with Gasteiger partial charge in [-0.15, -0.1) is 0 Å². The number of rotatable bonds is 3. The van der Waals surface area contributed by atoms with Crippen LogP contribution in [0.5, 0.6) is 5.75 Å². The SMILES string of the molecule is NC1(CC(=O)c2cccc3c2OCCC3)CCCCC1. The van der Waals surface area contributed by atoms with Gasteiger partial charge in [0.25, 0.3) is 0 Å². The van der Waals surface area contributed by atoms with E-state index in [4.69, 9.17) is 10.5 Å². The molecule has 0 atom stereocenters. The van der Waals surface area contributed by atoms with Gasteiger partial charge in [0.1, 0.15) is 5.75 Å². The van der Waals surface area contributed by atoms with E-state index in [1.807, 2.05) is 12.1 Å². The van der Waals surface area contributed by atoms with Gasteiger partial charge in [0.05, 0.1) is 12.2 Å². The summed E-state index contributed by atoms with van der Waals surface area (Å²) in [7, 11) is 0. The zero-order valence-electron chi connectivity index (χ0n) is 12.0. The second kappa shape index (κ2) is 5.57. The molecular weight excluding hydrogens is 250 g/mol. The first-order chi connectivity index (χ1) is 9.68. The van der Waals surface area contributed by atoms with Crippen LogP contribution in [0.4, 0.5) is 0 Å². The Hall–Kier alpha value is -1.35. The van der Waals surface area contributed by atoms with Crippen LogP contribution in [0.3, 0.4) is 0 Å². The maximum Gasteiger partial charge on any atom is 0.168 e. The summed E-state index contributed by atoms with van der Waals surface area (Å²) < 4.78 is 5.74. The van der Waals surface area contributed by atoms with Gasteiger partial charge < -0.3 is 10.5 Å². The Bertz CT molecular complexity index is 504. The summed E-state index contributed by atoms with van der Waals surface area (Å²) in [5, 5.41) is 0. The highest BCUT2D eigenvalue weighted by Gasteiger charge is 2.31. The minimum absolute atomic E-state index is 0.146. The van der Waals surface area contributed by atoms with Gasteiger partial charge in [-0.1, -0.05) is 31.4 Å². The van der Waals surface area contributed by atoms with E-state index >= 15 is 0 Å². The maximum absolute atomic E-state index is 12.6. The van der Waals surface area contributed by atoms with Gasteiger partial charge in [-0.2, -0.15) is 0 Å². The van der Waals surface area contributed by atoms with Crippen molar-refractivity contribution in [2.45, 2.75) is 56.9 Å². The number of carbonyl (C=O) groups excluding carboxylic acids is 1. The van der Waals surface area contributed by atoms with Gasteiger partial charge in [0.2, 0.25) is 0 Å². The molecule has 0 unspecified atom stereocenters. The lowest BCUT2D eigenvalue weighted by Gasteiger charge is -2.33. The average molecular weight is 273 g/mol. The molecule has 3 rings (SSSR count). The summed E-state index contributed by atoms with van der Waals surface area (Å²) in [6, 6.07) is 5.91. The van der Waals surface area contributed by atoms with Crippen LogP contribution in [0.15, 0.2) is 18.2 Å². The van der Waals surface area contributed by atoms with Crippen LogP contribution in [0.2, 0.25) is 0 Å². The number of ketones is 1. The molecule has 2 N–H and O–H groups in total. The first-order valence-electron chi connectivity index (χ1n) is 7.75. The molecule has 1 aromatic carbocycles. The van der Waals surface area contributed by atoms with E-state index in [1.165, 1.54) is 6.42 Å².